The molecule has 0 fully saturated rings. The van der Waals surface area contributed by atoms with Gasteiger partial charge in [-0.05, 0) is 26.3 Å². The fourth-order valence-corrected chi connectivity index (χ4v) is 3.07. The molecule has 0 aliphatic rings. The fourth-order valence-electron chi connectivity index (χ4n) is 1.74. The van der Waals surface area contributed by atoms with E-state index in [0.29, 0.717) is 24.6 Å². The highest BCUT2D eigenvalue weighted by Gasteiger charge is 2.27. The van der Waals surface area contributed by atoms with E-state index in [2.05, 4.69) is 29.4 Å². The van der Waals surface area contributed by atoms with Gasteiger partial charge in [-0.15, -0.1) is 0 Å². The van der Waals surface area contributed by atoms with Crippen molar-refractivity contribution in [1.29, 1.82) is 0 Å². The monoisotopic (exact) mass is 288 g/mol. The maximum Gasteiger partial charge on any atom is 0.262 e. The molecule has 0 unspecified atom stereocenters. The molecule has 0 atom stereocenters. The molecule has 0 aliphatic heterocycles. The van der Waals surface area contributed by atoms with Gasteiger partial charge in [0.05, 0.1) is 0 Å². The van der Waals surface area contributed by atoms with Crippen LogP contribution in [0.5, 0.6) is 0 Å². The number of rotatable bonds is 7. The van der Waals surface area contributed by atoms with E-state index in [1.807, 2.05) is 6.92 Å². The van der Waals surface area contributed by atoms with Crippen LogP contribution in [0.4, 0.5) is 0 Å². The van der Waals surface area contributed by atoms with Crippen molar-refractivity contribution in [3.8, 4) is 0 Å². The largest absolute Gasteiger partial charge is 0.316 e. The summed E-state index contributed by atoms with van der Waals surface area (Å²) in [6.07, 6.45) is 0.834. The first-order chi connectivity index (χ1) is 8.80. The molecule has 1 aromatic rings. The summed E-state index contributed by atoms with van der Waals surface area (Å²) in [4.78, 5) is 0. The normalized spacial score (nSPS) is 12.6. The first kappa shape index (κ1) is 16.1. The summed E-state index contributed by atoms with van der Waals surface area (Å²) in [6.45, 7) is 6.96. The van der Waals surface area contributed by atoms with E-state index in [-0.39, 0.29) is 5.03 Å². The molecular weight excluding hydrogens is 264 g/mol. The van der Waals surface area contributed by atoms with Gasteiger partial charge in [-0.3, -0.25) is 5.10 Å². The highest BCUT2D eigenvalue weighted by molar-refractivity contribution is 7.89. The number of hydrogen-bond donors (Lipinski definition) is 2. The van der Waals surface area contributed by atoms with Gasteiger partial charge in [0.25, 0.3) is 10.0 Å². The van der Waals surface area contributed by atoms with Crippen LogP contribution in [0.3, 0.4) is 0 Å². The van der Waals surface area contributed by atoms with Crippen LogP contribution in [-0.2, 0) is 16.6 Å². The van der Waals surface area contributed by atoms with Gasteiger partial charge >= 0.3 is 0 Å². The molecule has 1 aromatic heterocycles. The standard InChI is InChI=1S/C12H24N4O2S/c1-9(2)6-7-16(5)19(17,18)12-11(8-13-4)10(3)14-15-12/h9,13H,6-8H2,1-5H3,(H,14,15). The van der Waals surface area contributed by atoms with Crippen LogP contribution in [-0.4, -0.2) is 43.6 Å². The number of nitrogens with one attached hydrogen (secondary N) is 2. The van der Waals surface area contributed by atoms with Gasteiger partial charge < -0.3 is 5.32 Å². The first-order valence-corrected chi connectivity index (χ1v) is 7.89. The molecule has 1 rings (SSSR count). The van der Waals surface area contributed by atoms with Crippen LogP contribution in [0.2, 0.25) is 0 Å². The van der Waals surface area contributed by atoms with Gasteiger partial charge in [0.2, 0.25) is 0 Å². The molecule has 0 spiro atoms. The zero-order valence-electron chi connectivity index (χ0n) is 12.3. The number of hydrogen-bond acceptors (Lipinski definition) is 4. The van der Waals surface area contributed by atoms with Gasteiger partial charge in [0.15, 0.2) is 5.03 Å². The summed E-state index contributed by atoms with van der Waals surface area (Å²) < 4.78 is 26.3. The average molecular weight is 288 g/mol. The highest BCUT2D eigenvalue weighted by atomic mass is 32.2. The van der Waals surface area contributed by atoms with Crippen molar-refractivity contribution in [3.05, 3.63) is 11.3 Å². The number of H-pyrrole nitrogens is 1. The average Bonchev–Trinajstić information content (AvgIpc) is 2.69. The molecule has 110 valence electrons. The minimum absolute atomic E-state index is 0.130. The molecule has 0 amide bonds. The highest BCUT2D eigenvalue weighted by Crippen LogP contribution is 2.20. The maximum absolute atomic E-state index is 12.5. The smallest absolute Gasteiger partial charge is 0.262 e. The molecule has 0 saturated carbocycles. The molecule has 19 heavy (non-hydrogen) atoms. The summed E-state index contributed by atoms with van der Waals surface area (Å²) in [5.41, 5.74) is 1.49. The van der Waals surface area contributed by atoms with Crippen LogP contribution >= 0.6 is 0 Å². The Morgan fingerprint density at radius 3 is 2.58 bits per heavy atom. The number of aromatic nitrogens is 2. The lowest BCUT2D eigenvalue weighted by Crippen LogP contribution is -2.30. The summed E-state index contributed by atoms with van der Waals surface area (Å²) in [5.74, 6) is 0.468. The molecule has 7 heteroatoms. The minimum Gasteiger partial charge on any atom is -0.316 e. The minimum atomic E-state index is -3.52. The van der Waals surface area contributed by atoms with Crippen molar-refractivity contribution >= 4 is 10.0 Å². The van der Waals surface area contributed by atoms with Crippen LogP contribution in [0.15, 0.2) is 5.03 Å². The second-order valence-corrected chi connectivity index (χ2v) is 7.13. The second kappa shape index (κ2) is 6.49. The van der Waals surface area contributed by atoms with Crippen molar-refractivity contribution in [1.82, 2.24) is 19.8 Å². The second-order valence-electron chi connectivity index (χ2n) is 5.17. The molecule has 1 heterocycles. The third kappa shape index (κ3) is 3.77. The Hall–Kier alpha value is -0.920. The lowest BCUT2D eigenvalue weighted by Gasteiger charge is -2.17. The summed E-state index contributed by atoms with van der Waals surface area (Å²) in [7, 11) is -0.131. The Balaban J connectivity index is 2.99. The summed E-state index contributed by atoms with van der Waals surface area (Å²) in [5, 5.41) is 9.81. The lowest BCUT2D eigenvalue weighted by molar-refractivity contribution is 0.425. The van der Waals surface area contributed by atoms with Gasteiger partial charge in [-0.25, -0.2) is 8.42 Å². The van der Waals surface area contributed by atoms with Crippen molar-refractivity contribution in [2.75, 3.05) is 20.6 Å². The third-order valence-electron chi connectivity index (χ3n) is 3.07. The topological polar surface area (TPSA) is 78.1 Å². The lowest BCUT2D eigenvalue weighted by atomic mass is 10.1. The number of aryl methyl sites for hydroxylation is 1. The van der Waals surface area contributed by atoms with E-state index in [0.717, 1.165) is 12.1 Å². The Bertz CT molecular complexity index is 508. The molecule has 2 N–H and O–H groups in total. The van der Waals surface area contributed by atoms with Gasteiger partial charge in [0.1, 0.15) is 0 Å². The van der Waals surface area contributed by atoms with Crippen LogP contribution in [0.1, 0.15) is 31.5 Å². The Kier molecular flexibility index (Phi) is 5.51. The number of sulfonamides is 1. The van der Waals surface area contributed by atoms with Gasteiger partial charge in [-0.1, -0.05) is 13.8 Å². The SMILES string of the molecule is CNCc1c(S(=O)(=O)N(C)CCC(C)C)n[nH]c1C. The van der Waals surface area contributed by atoms with E-state index in [9.17, 15) is 8.42 Å². The molecule has 0 bridgehead atoms. The van der Waals surface area contributed by atoms with Crippen molar-refractivity contribution in [3.63, 3.8) is 0 Å². The Morgan fingerprint density at radius 2 is 2.05 bits per heavy atom. The van der Waals surface area contributed by atoms with Crippen molar-refractivity contribution in [2.24, 2.45) is 5.92 Å². The molecule has 0 aromatic carbocycles. The first-order valence-electron chi connectivity index (χ1n) is 6.45. The number of nitrogens with zero attached hydrogens (tertiary/aromatic N) is 2. The van der Waals surface area contributed by atoms with E-state index in [1.165, 1.54) is 4.31 Å². The van der Waals surface area contributed by atoms with E-state index in [4.69, 9.17) is 0 Å². The predicted molar refractivity (Wildman–Crippen MR) is 75.4 cm³/mol. The molecular formula is C12H24N4O2S. The van der Waals surface area contributed by atoms with Crippen molar-refractivity contribution < 1.29 is 8.42 Å². The third-order valence-corrected chi connectivity index (χ3v) is 4.90. The van der Waals surface area contributed by atoms with Crippen LogP contribution in [0, 0.1) is 12.8 Å². The maximum atomic E-state index is 12.5. The zero-order chi connectivity index (χ0) is 14.6. The Labute approximate surface area is 115 Å². The van der Waals surface area contributed by atoms with Crippen LogP contribution < -0.4 is 5.32 Å². The summed E-state index contributed by atoms with van der Waals surface area (Å²) >= 11 is 0. The molecule has 0 aliphatic carbocycles. The fraction of sp³-hybridized carbons (Fsp3) is 0.750. The zero-order valence-corrected chi connectivity index (χ0v) is 13.1. The van der Waals surface area contributed by atoms with E-state index in [1.54, 1.807) is 14.1 Å². The van der Waals surface area contributed by atoms with Crippen LogP contribution in [0.25, 0.3) is 0 Å². The molecule has 6 nitrogen and oxygen atoms in total. The Morgan fingerprint density at radius 1 is 1.42 bits per heavy atom. The van der Waals surface area contributed by atoms with E-state index < -0.39 is 10.0 Å². The molecule has 0 radical (unpaired) electrons. The van der Waals surface area contributed by atoms with Crippen molar-refractivity contribution in [2.45, 2.75) is 38.8 Å². The molecule has 0 saturated heterocycles. The number of aromatic amines is 1. The summed E-state index contributed by atoms with van der Waals surface area (Å²) in [6, 6.07) is 0. The van der Waals surface area contributed by atoms with Gasteiger partial charge in [0, 0.05) is 31.4 Å². The van der Waals surface area contributed by atoms with Gasteiger partial charge in [-0.2, -0.15) is 9.40 Å². The van der Waals surface area contributed by atoms with E-state index >= 15 is 0 Å². The quantitative estimate of drug-likeness (QED) is 0.787. The predicted octanol–water partition coefficient (Wildman–Crippen LogP) is 1.10.